The third-order valence-electron chi connectivity index (χ3n) is 4.19. The van der Waals surface area contributed by atoms with Gasteiger partial charge in [0, 0.05) is 21.5 Å². The molecule has 3 aromatic rings. The second-order valence-corrected chi connectivity index (χ2v) is 11.9. The Balaban J connectivity index is 0.000000274. The maximum atomic E-state index is 4.36. The number of aromatic nitrogens is 4. The van der Waals surface area contributed by atoms with Gasteiger partial charge >= 0.3 is 19.8 Å². The summed E-state index contributed by atoms with van der Waals surface area (Å²) in [5.74, 6) is 0.650. The Morgan fingerprint density at radius 3 is 2.19 bits per heavy atom. The molecular formula is C19H27N4OsP2+2. The maximum absolute atomic E-state index is 4.36. The predicted molar refractivity (Wildman–Crippen MR) is 114 cm³/mol. The molecular weight excluding hydrogens is 536 g/mol. The minimum Gasteiger partial charge on any atom is -0.284 e. The van der Waals surface area contributed by atoms with E-state index >= 15 is 0 Å². The van der Waals surface area contributed by atoms with Crippen molar-refractivity contribution in [2.75, 3.05) is 26.7 Å². The Morgan fingerprint density at radius 1 is 1.04 bits per heavy atom. The fraction of sp³-hybridized carbons (Fsp3) is 0.316. The molecule has 0 saturated carbocycles. The van der Waals surface area contributed by atoms with E-state index in [0.29, 0.717) is 5.78 Å². The van der Waals surface area contributed by atoms with Gasteiger partial charge in [-0.15, -0.1) is 35.9 Å². The van der Waals surface area contributed by atoms with Crippen LogP contribution in [0.15, 0.2) is 53.7 Å². The summed E-state index contributed by atoms with van der Waals surface area (Å²) in [7, 11) is -0.302. The van der Waals surface area contributed by atoms with Gasteiger partial charge in [0.1, 0.15) is 23.3 Å². The van der Waals surface area contributed by atoms with E-state index in [1.54, 1.807) is 21.4 Å². The summed E-state index contributed by atoms with van der Waals surface area (Å²) in [4.78, 5) is 12.3. The molecule has 4 nitrogen and oxygen atoms in total. The molecule has 139 valence electrons. The molecule has 0 atom stereocenters. The van der Waals surface area contributed by atoms with Crippen molar-refractivity contribution in [3.05, 3.63) is 59.8 Å². The molecule has 0 spiro atoms. The molecule has 0 aliphatic heterocycles. The zero-order chi connectivity index (χ0) is 18.4. The minimum atomic E-state index is -0.151. The molecule has 3 rings (SSSR count). The molecule has 0 amide bonds. The minimum absolute atomic E-state index is 0. The van der Waals surface area contributed by atoms with E-state index in [9.17, 15) is 0 Å². The summed E-state index contributed by atoms with van der Waals surface area (Å²) in [5, 5.41) is 3.40. The van der Waals surface area contributed by atoms with Gasteiger partial charge in [0.25, 0.3) is 0 Å². The van der Waals surface area contributed by atoms with Crippen molar-refractivity contribution >= 4 is 21.6 Å². The van der Waals surface area contributed by atoms with Gasteiger partial charge in [0.15, 0.2) is 0 Å². The van der Waals surface area contributed by atoms with Crippen molar-refractivity contribution in [2.45, 2.75) is 13.8 Å². The monoisotopic (exact) mass is 565 g/mol. The van der Waals surface area contributed by atoms with Crippen LogP contribution in [0.4, 0.5) is 0 Å². The van der Waals surface area contributed by atoms with E-state index < -0.39 is 0 Å². The van der Waals surface area contributed by atoms with Crippen molar-refractivity contribution in [1.82, 2.24) is 19.4 Å². The number of rotatable bonds is 3. The molecule has 1 aromatic carbocycles. The fourth-order valence-corrected chi connectivity index (χ4v) is 5.18. The Morgan fingerprint density at radius 2 is 1.69 bits per heavy atom. The number of imidazole rings is 1. The molecule has 0 saturated heterocycles. The first-order valence-corrected chi connectivity index (χ1v) is 13.3. The van der Waals surface area contributed by atoms with Crippen molar-refractivity contribution in [2.24, 2.45) is 0 Å². The van der Waals surface area contributed by atoms with Crippen LogP contribution in [0, 0.1) is 6.07 Å². The smallest absolute Gasteiger partial charge is 0.284 e. The number of hydrogen-bond acceptors (Lipinski definition) is 3. The predicted octanol–water partition coefficient (Wildman–Crippen LogP) is 4.77. The summed E-state index contributed by atoms with van der Waals surface area (Å²) >= 11 is 0. The van der Waals surface area contributed by atoms with Crippen LogP contribution in [-0.4, -0.2) is 46.0 Å². The van der Waals surface area contributed by atoms with Gasteiger partial charge in [-0.2, -0.15) is 0 Å². The summed E-state index contributed by atoms with van der Waals surface area (Å²) < 4.78 is 1.79. The van der Waals surface area contributed by atoms with E-state index in [1.165, 1.54) is 6.33 Å². The number of fused-ring (bicyclic) bond motifs is 1. The number of hydrogen-bond donors (Lipinski definition) is 0. The standard InChI is InChI=1S/C11H7N4.C8H18P2.Os/c1-2-4-9(5-3-1)10-6-15-8-12-7-13-11(15)14-10;1-7(9(3)4)8(2)10(5)6;/h1-4,6-8H;1-6H3;/q-1;;+1/p+2/b;8-7-;. The van der Waals surface area contributed by atoms with Gasteiger partial charge in [0.05, 0.1) is 26.7 Å². The average Bonchev–Trinajstić information content (AvgIpc) is 3.05. The Bertz CT molecular complexity index is 796. The van der Waals surface area contributed by atoms with Crippen LogP contribution in [0.5, 0.6) is 0 Å². The summed E-state index contributed by atoms with van der Waals surface area (Å²) in [5.41, 5.74) is 1.82. The zero-order valence-corrected chi connectivity index (χ0v) is 20.7. The summed E-state index contributed by atoms with van der Waals surface area (Å²) in [6.45, 7) is 14.1. The maximum Gasteiger partial charge on any atom is 1.00 e. The van der Waals surface area contributed by atoms with Crippen LogP contribution in [-0.2, 0) is 19.8 Å². The van der Waals surface area contributed by atoms with Gasteiger partial charge in [-0.1, -0.05) is 0 Å². The third kappa shape index (κ3) is 6.31. The van der Waals surface area contributed by atoms with Crippen LogP contribution in [0.25, 0.3) is 17.0 Å². The average molecular weight is 564 g/mol. The topological polar surface area (TPSA) is 43.1 Å². The van der Waals surface area contributed by atoms with E-state index in [0.717, 1.165) is 11.3 Å². The number of nitrogens with zero attached hydrogens (tertiary/aromatic N) is 4. The van der Waals surface area contributed by atoms with E-state index in [-0.39, 0.29) is 35.6 Å². The largest absolute Gasteiger partial charge is 1.00 e. The SMILES string of the molecule is C/C(=C(\C)[PH+](C)C)[PH+](C)C.[Os+].[c-]1ccccc1-c1cn2cncnc2n1. The van der Waals surface area contributed by atoms with Crippen molar-refractivity contribution in [3.63, 3.8) is 0 Å². The van der Waals surface area contributed by atoms with Gasteiger partial charge < -0.3 is 0 Å². The van der Waals surface area contributed by atoms with Crippen molar-refractivity contribution in [1.29, 1.82) is 0 Å². The van der Waals surface area contributed by atoms with Crippen LogP contribution < -0.4 is 0 Å². The first-order valence-electron chi connectivity index (χ1n) is 8.30. The van der Waals surface area contributed by atoms with E-state index in [2.05, 4.69) is 61.5 Å². The molecule has 0 bridgehead atoms. The summed E-state index contributed by atoms with van der Waals surface area (Å²) in [6, 6.07) is 10.8. The van der Waals surface area contributed by atoms with Gasteiger partial charge in [0.2, 0.25) is 5.78 Å². The summed E-state index contributed by atoms with van der Waals surface area (Å²) in [6.07, 6.45) is 5.06. The molecule has 2 heterocycles. The first kappa shape index (κ1) is 23.0. The van der Waals surface area contributed by atoms with Crippen LogP contribution in [0.3, 0.4) is 0 Å². The molecule has 7 heteroatoms. The quantitative estimate of drug-likeness (QED) is 0.341. The first-order chi connectivity index (χ1) is 11.9. The van der Waals surface area contributed by atoms with Crippen molar-refractivity contribution in [3.8, 4) is 11.3 Å². The molecule has 2 aromatic heterocycles. The zero-order valence-electron chi connectivity index (χ0n) is 16.2. The van der Waals surface area contributed by atoms with Crippen LogP contribution in [0.2, 0.25) is 0 Å². The van der Waals surface area contributed by atoms with E-state index in [4.69, 9.17) is 0 Å². The number of benzene rings is 1. The van der Waals surface area contributed by atoms with Gasteiger partial charge in [-0.3, -0.25) is 9.38 Å². The molecule has 0 fully saturated rings. The molecule has 0 aliphatic rings. The third-order valence-corrected chi connectivity index (χ3v) is 8.19. The Kier molecular flexibility index (Phi) is 9.74. The van der Waals surface area contributed by atoms with Crippen LogP contribution in [0.1, 0.15) is 13.8 Å². The molecule has 0 aliphatic carbocycles. The number of allylic oxidation sites excluding steroid dienone is 2. The molecule has 26 heavy (non-hydrogen) atoms. The second kappa shape index (κ2) is 11.0. The molecule has 1 radical (unpaired) electrons. The Labute approximate surface area is 172 Å². The van der Waals surface area contributed by atoms with Crippen molar-refractivity contribution < 1.29 is 19.8 Å². The second-order valence-electron chi connectivity index (χ2n) is 6.37. The van der Waals surface area contributed by atoms with Gasteiger partial charge in [-0.25, -0.2) is 9.97 Å². The normalized spacial score (nSPS) is 11.7. The van der Waals surface area contributed by atoms with E-state index in [1.807, 2.05) is 30.5 Å². The molecule has 0 N–H and O–H groups in total. The van der Waals surface area contributed by atoms with Gasteiger partial charge in [-0.05, 0) is 20.0 Å². The Hall–Kier alpha value is -0.994. The molecule has 0 unspecified atom stereocenters. The fourth-order valence-electron chi connectivity index (χ4n) is 2.18. The van der Waals surface area contributed by atoms with Crippen LogP contribution >= 0.6 is 15.8 Å².